The molecule has 1 saturated heterocycles. The molecule has 23 heavy (non-hydrogen) atoms. The van der Waals surface area contributed by atoms with Gasteiger partial charge in [0.25, 0.3) is 0 Å². The van der Waals surface area contributed by atoms with Gasteiger partial charge in [-0.3, -0.25) is 0 Å². The largest absolute Gasteiger partial charge is 0.368 e. The highest BCUT2D eigenvalue weighted by Crippen LogP contribution is 2.19. The van der Waals surface area contributed by atoms with Crippen LogP contribution in [-0.4, -0.2) is 42.7 Å². The Balaban J connectivity index is 1.60. The van der Waals surface area contributed by atoms with Gasteiger partial charge in [-0.2, -0.15) is 4.98 Å². The number of benzene rings is 1. The first kappa shape index (κ1) is 15.6. The Hall–Kier alpha value is -2.30. The molecule has 2 heterocycles. The van der Waals surface area contributed by atoms with E-state index in [1.54, 1.807) is 0 Å². The Morgan fingerprint density at radius 3 is 2.39 bits per heavy atom. The van der Waals surface area contributed by atoms with Crippen LogP contribution in [0.4, 0.5) is 17.5 Å². The summed E-state index contributed by atoms with van der Waals surface area (Å²) < 4.78 is 0. The number of nitrogens with one attached hydrogen (secondary N) is 1. The van der Waals surface area contributed by atoms with Crippen molar-refractivity contribution in [2.45, 2.75) is 13.8 Å². The summed E-state index contributed by atoms with van der Waals surface area (Å²) in [7, 11) is 0. The Morgan fingerprint density at radius 1 is 1.00 bits per heavy atom. The second-order valence-corrected chi connectivity index (χ2v) is 6.32. The molecule has 5 heteroatoms. The monoisotopic (exact) mass is 311 g/mol. The lowest BCUT2D eigenvalue weighted by Crippen LogP contribution is -2.46. The van der Waals surface area contributed by atoms with Crippen LogP contribution in [0.15, 0.2) is 42.6 Å². The predicted octanol–water partition coefficient (Wildman–Crippen LogP) is 2.87. The molecule has 0 amide bonds. The van der Waals surface area contributed by atoms with E-state index in [1.807, 2.05) is 12.3 Å². The molecule has 0 unspecified atom stereocenters. The third-order valence-electron chi connectivity index (χ3n) is 4.03. The minimum atomic E-state index is 0.580. The first-order valence-electron chi connectivity index (χ1n) is 8.34. The number of anilines is 3. The van der Waals surface area contributed by atoms with Crippen molar-refractivity contribution in [1.29, 1.82) is 0 Å². The molecule has 1 aliphatic heterocycles. The van der Waals surface area contributed by atoms with E-state index in [2.05, 4.69) is 69.3 Å². The lowest BCUT2D eigenvalue weighted by Gasteiger charge is -2.36. The predicted molar refractivity (Wildman–Crippen MR) is 96.2 cm³/mol. The second-order valence-electron chi connectivity index (χ2n) is 6.32. The molecule has 0 bridgehead atoms. The van der Waals surface area contributed by atoms with Crippen molar-refractivity contribution < 1.29 is 0 Å². The van der Waals surface area contributed by atoms with Crippen LogP contribution in [0.3, 0.4) is 0 Å². The molecule has 5 nitrogen and oxygen atoms in total. The fraction of sp³-hybridized carbons (Fsp3) is 0.444. The van der Waals surface area contributed by atoms with Gasteiger partial charge in [0, 0.05) is 44.6 Å². The summed E-state index contributed by atoms with van der Waals surface area (Å²) in [6.45, 7) is 9.25. The van der Waals surface area contributed by atoms with Gasteiger partial charge in [0.05, 0.1) is 0 Å². The van der Waals surface area contributed by atoms with Gasteiger partial charge in [-0.25, -0.2) is 4.98 Å². The average Bonchev–Trinajstić information content (AvgIpc) is 2.61. The standard InChI is InChI=1S/C18H25N5/c1-15(2)14-20-18-19-9-8-17(21-18)23-12-10-22(11-13-23)16-6-4-3-5-7-16/h3-9,15H,10-14H2,1-2H3,(H,19,20,21). The van der Waals surface area contributed by atoms with Gasteiger partial charge in [-0.05, 0) is 24.1 Å². The van der Waals surface area contributed by atoms with Crippen molar-refractivity contribution in [3.63, 3.8) is 0 Å². The Morgan fingerprint density at radius 2 is 1.70 bits per heavy atom. The first-order valence-corrected chi connectivity index (χ1v) is 8.34. The molecule has 0 saturated carbocycles. The number of aromatic nitrogens is 2. The third-order valence-corrected chi connectivity index (χ3v) is 4.03. The number of piperazine rings is 1. The van der Waals surface area contributed by atoms with E-state index in [9.17, 15) is 0 Å². The molecule has 1 fully saturated rings. The Kier molecular flexibility index (Phi) is 4.95. The van der Waals surface area contributed by atoms with Crippen LogP contribution in [0, 0.1) is 5.92 Å². The molecular weight excluding hydrogens is 286 g/mol. The number of hydrogen-bond acceptors (Lipinski definition) is 5. The van der Waals surface area contributed by atoms with Gasteiger partial charge in [0.2, 0.25) is 5.95 Å². The van der Waals surface area contributed by atoms with Crippen LogP contribution in [0.5, 0.6) is 0 Å². The summed E-state index contributed by atoms with van der Waals surface area (Å²) in [5.41, 5.74) is 1.30. The van der Waals surface area contributed by atoms with Crippen LogP contribution in [0.25, 0.3) is 0 Å². The van der Waals surface area contributed by atoms with Crippen LogP contribution in [-0.2, 0) is 0 Å². The maximum atomic E-state index is 4.65. The fourth-order valence-electron chi connectivity index (χ4n) is 2.74. The lowest BCUT2D eigenvalue weighted by atomic mass is 10.2. The van der Waals surface area contributed by atoms with E-state index in [0.717, 1.165) is 44.5 Å². The van der Waals surface area contributed by atoms with Crippen molar-refractivity contribution in [1.82, 2.24) is 9.97 Å². The minimum Gasteiger partial charge on any atom is -0.368 e. The van der Waals surface area contributed by atoms with Crippen molar-refractivity contribution in [2.24, 2.45) is 5.92 Å². The van der Waals surface area contributed by atoms with Crippen molar-refractivity contribution in [3.05, 3.63) is 42.6 Å². The van der Waals surface area contributed by atoms with Gasteiger partial charge >= 0.3 is 0 Å². The number of nitrogens with zero attached hydrogens (tertiary/aromatic N) is 4. The molecule has 2 aromatic rings. The van der Waals surface area contributed by atoms with Crippen LogP contribution >= 0.6 is 0 Å². The van der Waals surface area contributed by atoms with Crippen LogP contribution < -0.4 is 15.1 Å². The highest BCUT2D eigenvalue weighted by atomic mass is 15.3. The smallest absolute Gasteiger partial charge is 0.224 e. The zero-order valence-electron chi connectivity index (χ0n) is 13.9. The van der Waals surface area contributed by atoms with E-state index in [-0.39, 0.29) is 0 Å². The second kappa shape index (κ2) is 7.31. The molecular formula is C18H25N5. The summed E-state index contributed by atoms with van der Waals surface area (Å²) >= 11 is 0. The lowest BCUT2D eigenvalue weighted by molar-refractivity contribution is 0.646. The highest BCUT2D eigenvalue weighted by molar-refractivity contribution is 5.49. The zero-order chi connectivity index (χ0) is 16.1. The van der Waals surface area contributed by atoms with E-state index >= 15 is 0 Å². The van der Waals surface area contributed by atoms with Crippen molar-refractivity contribution in [3.8, 4) is 0 Å². The number of hydrogen-bond donors (Lipinski definition) is 1. The molecule has 1 aliphatic rings. The van der Waals surface area contributed by atoms with Crippen molar-refractivity contribution >= 4 is 17.5 Å². The fourth-order valence-corrected chi connectivity index (χ4v) is 2.74. The van der Waals surface area contributed by atoms with E-state index in [4.69, 9.17) is 0 Å². The molecule has 1 aromatic heterocycles. The molecule has 1 N–H and O–H groups in total. The molecule has 3 rings (SSSR count). The minimum absolute atomic E-state index is 0.580. The van der Waals surface area contributed by atoms with Gasteiger partial charge < -0.3 is 15.1 Å². The Labute approximate surface area is 138 Å². The summed E-state index contributed by atoms with van der Waals surface area (Å²) in [6.07, 6.45) is 1.84. The van der Waals surface area contributed by atoms with Gasteiger partial charge in [-0.15, -0.1) is 0 Å². The molecule has 0 atom stereocenters. The van der Waals surface area contributed by atoms with Crippen LogP contribution in [0.2, 0.25) is 0 Å². The zero-order valence-corrected chi connectivity index (χ0v) is 13.9. The van der Waals surface area contributed by atoms with Gasteiger partial charge in [0.1, 0.15) is 5.82 Å². The molecule has 0 spiro atoms. The number of rotatable bonds is 5. The molecule has 0 radical (unpaired) electrons. The summed E-state index contributed by atoms with van der Waals surface area (Å²) in [6, 6.07) is 12.6. The average molecular weight is 311 g/mol. The van der Waals surface area contributed by atoms with E-state index in [1.165, 1.54) is 5.69 Å². The third kappa shape index (κ3) is 4.12. The van der Waals surface area contributed by atoms with Gasteiger partial charge in [-0.1, -0.05) is 32.0 Å². The SMILES string of the molecule is CC(C)CNc1nccc(N2CCN(c3ccccc3)CC2)n1. The normalized spacial score (nSPS) is 15.1. The highest BCUT2D eigenvalue weighted by Gasteiger charge is 2.18. The van der Waals surface area contributed by atoms with Gasteiger partial charge in [0.15, 0.2) is 0 Å². The van der Waals surface area contributed by atoms with E-state index in [0.29, 0.717) is 5.92 Å². The molecule has 122 valence electrons. The van der Waals surface area contributed by atoms with Crippen molar-refractivity contribution in [2.75, 3.05) is 47.8 Å². The quantitative estimate of drug-likeness (QED) is 0.920. The maximum Gasteiger partial charge on any atom is 0.224 e. The number of para-hydroxylation sites is 1. The van der Waals surface area contributed by atoms with E-state index < -0.39 is 0 Å². The summed E-state index contributed by atoms with van der Waals surface area (Å²) in [4.78, 5) is 13.7. The molecule has 1 aromatic carbocycles. The first-order chi connectivity index (χ1) is 11.2. The Bertz CT molecular complexity index is 606. The molecule has 0 aliphatic carbocycles. The van der Waals surface area contributed by atoms with Crippen LogP contribution in [0.1, 0.15) is 13.8 Å². The topological polar surface area (TPSA) is 44.3 Å². The summed E-state index contributed by atoms with van der Waals surface area (Å²) in [5, 5.41) is 3.30. The maximum absolute atomic E-state index is 4.65. The summed E-state index contributed by atoms with van der Waals surface area (Å²) in [5.74, 6) is 2.32.